The van der Waals surface area contributed by atoms with Gasteiger partial charge in [-0.1, -0.05) is 12.1 Å². The summed E-state index contributed by atoms with van der Waals surface area (Å²) in [7, 11) is 0. The molecule has 22 heteroatoms. The second-order valence-corrected chi connectivity index (χ2v) is 11.8. The van der Waals surface area contributed by atoms with E-state index >= 15 is 0 Å². The van der Waals surface area contributed by atoms with Gasteiger partial charge in [-0.15, -0.1) is 0 Å². The van der Waals surface area contributed by atoms with E-state index in [-0.39, 0.29) is 0 Å². The minimum atomic E-state index is -5.08. The van der Waals surface area contributed by atoms with Crippen LogP contribution in [0.3, 0.4) is 0 Å². The average Bonchev–Trinajstić information content (AvgIpc) is 3.79. The van der Waals surface area contributed by atoms with Crippen molar-refractivity contribution in [2.45, 2.75) is 44.0 Å². The number of carboxylic acid groups (broad SMARTS) is 3. The van der Waals surface area contributed by atoms with E-state index in [4.69, 9.17) is 39.4 Å². The summed E-state index contributed by atoms with van der Waals surface area (Å²) >= 11 is 0. The number of imidazole rings is 1. The van der Waals surface area contributed by atoms with Gasteiger partial charge in [-0.25, -0.2) is 19.4 Å². The number of fused-ring (bicyclic) bond motifs is 1. The Labute approximate surface area is 295 Å². The first-order valence-electron chi connectivity index (χ1n) is 15.7. The summed E-state index contributed by atoms with van der Waals surface area (Å²) in [4.78, 5) is 44.0. The Bertz CT molecular complexity index is 1590. The summed E-state index contributed by atoms with van der Waals surface area (Å²) in [6, 6.07) is 13.0. The van der Waals surface area contributed by atoms with Crippen LogP contribution >= 0.6 is 0 Å². The van der Waals surface area contributed by atoms with Crippen LogP contribution in [0.25, 0.3) is 5.65 Å². The molecule has 1 unspecified atom stereocenters. The largest absolute Gasteiger partial charge is 0.490 e. The van der Waals surface area contributed by atoms with Crippen LogP contribution in [0.15, 0.2) is 48.8 Å². The highest BCUT2D eigenvalue weighted by atomic mass is 19.4. The number of nitrogens with zero attached hydrogens (tertiary/aromatic N) is 6. The van der Waals surface area contributed by atoms with E-state index < -0.39 is 36.4 Å². The number of aromatic nitrogens is 3. The van der Waals surface area contributed by atoms with Crippen molar-refractivity contribution < 1.29 is 74.0 Å². The topological polar surface area (TPSA) is 161 Å². The molecule has 3 aliphatic rings. The van der Waals surface area contributed by atoms with Crippen LogP contribution in [0.5, 0.6) is 0 Å². The maximum Gasteiger partial charge on any atom is 0.490 e. The molecule has 6 rings (SSSR count). The molecular weight excluding hydrogens is 739 g/mol. The van der Waals surface area contributed by atoms with E-state index in [9.17, 15) is 39.5 Å². The predicted molar refractivity (Wildman–Crippen MR) is 166 cm³/mol. The Kier molecular flexibility index (Phi) is 14.8. The van der Waals surface area contributed by atoms with Crippen LogP contribution in [0.1, 0.15) is 30.3 Å². The monoisotopic (exact) mass is 774 g/mol. The van der Waals surface area contributed by atoms with Gasteiger partial charge in [0.25, 0.3) is 0 Å². The Morgan fingerprint density at radius 2 is 1.34 bits per heavy atom. The van der Waals surface area contributed by atoms with Gasteiger partial charge in [0, 0.05) is 58.2 Å². The molecule has 1 saturated carbocycles. The molecular formula is C31H35F9N6O7. The molecule has 0 amide bonds. The molecule has 3 N–H and O–H groups in total. The standard InChI is InChI=1S/C25H32N6O.3C2HF3O2/c1-2-9-26-21(4-1)17-28-10-11-30(16-20-7-8-20)23(19-28)22-18-31-24(27-22)5-3-6-25(31)29-12-14-32-15-13-29;3*3-2(4,5)1(6)7/h1-6,9,18,20,23H,7-8,10-17,19H2;3*(H,6,7). The highest BCUT2D eigenvalue weighted by Crippen LogP contribution is 2.35. The molecule has 3 aromatic heterocycles. The van der Waals surface area contributed by atoms with Crippen molar-refractivity contribution in [2.24, 2.45) is 5.92 Å². The van der Waals surface area contributed by atoms with Gasteiger partial charge >= 0.3 is 36.4 Å². The summed E-state index contributed by atoms with van der Waals surface area (Å²) < 4.78 is 103. The molecule has 0 spiro atoms. The second kappa shape index (κ2) is 18.4. The molecule has 0 bridgehead atoms. The smallest absolute Gasteiger partial charge is 0.475 e. The number of ether oxygens (including phenoxy) is 1. The molecule has 3 fully saturated rings. The molecule has 5 heterocycles. The van der Waals surface area contributed by atoms with Crippen molar-refractivity contribution in [1.82, 2.24) is 24.2 Å². The maximum absolute atomic E-state index is 10.6. The van der Waals surface area contributed by atoms with Gasteiger partial charge in [0.05, 0.1) is 30.6 Å². The van der Waals surface area contributed by atoms with Crippen LogP contribution in [-0.4, -0.2) is 128 Å². The summed E-state index contributed by atoms with van der Waals surface area (Å²) in [6.07, 6.45) is -8.30. The number of piperazine rings is 1. The number of aliphatic carboxylic acids is 3. The Hall–Kier alpha value is -4.70. The number of rotatable bonds is 6. The van der Waals surface area contributed by atoms with Gasteiger partial charge < -0.3 is 25.0 Å². The van der Waals surface area contributed by atoms with Crippen molar-refractivity contribution in [1.29, 1.82) is 0 Å². The second-order valence-electron chi connectivity index (χ2n) is 11.8. The first kappa shape index (κ1) is 42.7. The number of carbonyl (C=O) groups is 3. The van der Waals surface area contributed by atoms with Crippen LogP contribution in [0.4, 0.5) is 45.3 Å². The van der Waals surface area contributed by atoms with Crippen LogP contribution < -0.4 is 4.90 Å². The van der Waals surface area contributed by atoms with Crippen molar-refractivity contribution in [3.63, 3.8) is 0 Å². The van der Waals surface area contributed by atoms with Crippen LogP contribution in [0.2, 0.25) is 0 Å². The summed E-state index contributed by atoms with van der Waals surface area (Å²) in [5, 5.41) is 21.4. The molecule has 1 atom stereocenters. The molecule has 0 radical (unpaired) electrons. The normalized spacial score (nSPS) is 18.4. The third-order valence-electron chi connectivity index (χ3n) is 7.77. The fourth-order valence-corrected chi connectivity index (χ4v) is 5.10. The zero-order valence-corrected chi connectivity index (χ0v) is 27.6. The third-order valence-corrected chi connectivity index (χ3v) is 7.77. The molecule has 1 aliphatic carbocycles. The van der Waals surface area contributed by atoms with Gasteiger partial charge in [-0.2, -0.15) is 39.5 Å². The van der Waals surface area contributed by atoms with Gasteiger partial charge in [0.1, 0.15) is 11.5 Å². The molecule has 2 aliphatic heterocycles. The summed E-state index contributed by atoms with van der Waals surface area (Å²) in [6.45, 7) is 8.73. The van der Waals surface area contributed by atoms with Crippen molar-refractivity contribution in [2.75, 3.05) is 57.4 Å². The maximum atomic E-state index is 10.6. The zero-order valence-electron chi connectivity index (χ0n) is 27.6. The third kappa shape index (κ3) is 14.0. The summed E-state index contributed by atoms with van der Waals surface area (Å²) in [5.74, 6) is -6.17. The first-order chi connectivity index (χ1) is 24.7. The lowest BCUT2D eigenvalue weighted by Gasteiger charge is -2.40. The SMILES string of the molecule is O=C(O)C(F)(F)F.O=C(O)C(F)(F)F.O=C(O)C(F)(F)F.c1ccc(CN2CCN(CC3CC3)C(c3cn4c(N5CCOCC5)cccc4n3)C2)nc1. The minimum absolute atomic E-state index is 0.325. The van der Waals surface area contributed by atoms with E-state index in [0.29, 0.717) is 6.04 Å². The van der Waals surface area contributed by atoms with E-state index in [1.165, 1.54) is 30.9 Å². The summed E-state index contributed by atoms with van der Waals surface area (Å²) in [5.41, 5.74) is 3.38. The molecule has 53 heavy (non-hydrogen) atoms. The number of pyridine rings is 2. The van der Waals surface area contributed by atoms with E-state index in [1.54, 1.807) is 0 Å². The Balaban J connectivity index is 0.000000296. The number of hydrogen-bond donors (Lipinski definition) is 3. The number of hydrogen-bond acceptors (Lipinski definition) is 9. The lowest BCUT2D eigenvalue weighted by Crippen LogP contribution is -2.48. The molecule has 294 valence electrons. The van der Waals surface area contributed by atoms with Crippen LogP contribution in [-0.2, 0) is 25.7 Å². The Morgan fingerprint density at radius 1 is 0.774 bits per heavy atom. The highest BCUT2D eigenvalue weighted by Gasteiger charge is 2.39. The van der Waals surface area contributed by atoms with Gasteiger partial charge in [-0.3, -0.25) is 19.2 Å². The van der Waals surface area contributed by atoms with Gasteiger partial charge in [0.15, 0.2) is 0 Å². The minimum Gasteiger partial charge on any atom is -0.475 e. The zero-order chi connectivity index (χ0) is 39.6. The highest BCUT2D eigenvalue weighted by molar-refractivity contribution is 5.73. The molecule has 0 aromatic carbocycles. The lowest BCUT2D eigenvalue weighted by atomic mass is 10.1. The number of alkyl halides is 9. The molecule has 13 nitrogen and oxygen atoms in total. The van der Waals surface area contributed by atoms with Gasteiger partial charge in [0.2, 0.25) is 0 Å². The van der Waals surface area contributed by atoms with Crippen molar-refractivity contribution in [3.05, 3.63) is 60.2 Å². The van der Waals surface area contributed by atoms with Gasteiger partial charge in [-0.05, 0) is 43.0 Å². The number of morpholine rings is 1. The number of halogens is 9. The fraction of sp³-hybridized carbons (Fsp3) is 0.516. The number of carboxylic acids is 3. The lowest BCUT2D eigenvalue weighted by molar-refractivity contribution is -0.193. The van der Waals surface area contributed by atoms with Crippen molar-refractivity contribution >= 4 is 29.4 Å². The van der Waals surface area contributed by atoms with E-state index in [0.717, 1.165) is 69.7 Å². The average molecular weight is 775 g/mol. The quantitative estimate of drug-likeness (QED) is 0.296. The number of anilines is 1. The molecule has 2 saturated heterocycles. The first-order valence-corrected chi connectivity index (χ1v) is 15.7. The Morgan fingerprint density at radius 3 is 1.83 bits per heavy atom. The van der Waals surface area contributed by atoms with Crippen LogP contribution in [0, 0.1) is 5.92 Å². The van der Waals surface area contributed by atoms with Crippen molar-refractivity contribution in [3.8, 4) is 0 Å². The van der Waals surface area contributed by atoms with E-state index in [2.05, 4.69) is 60.6 Å². The molecule has 3 aromatic rings. The predicted octanol–water partition coefficient (Wildman–Crippen LogP) is 4.73. The fourth-order valence-electron chi connectivity index (χ4n) is 5.10. The van der Waals surface area contributed by atoms with E-state index in [1.807, 2.05) is 12.3 Å².